The Balaban J connectivity index is 1.55. The van der Waals surface area contributed by atoms with Crippen LogP contribution < -0.4 is 10.6 Å². The van der Waals surface area contributed by atoms with E-state index in [0.29, 0.717) is 21.3 Å². The van der Waals surface area contributed by atoms with E-state index in [2.05, 4.69) is 10.6 Å². The summed E-state index contributed by atoms with van der Waals surface area (Å²) in [6, 6.07) is 12.3. The number of carbonyl (C=O) groups excluding carboxylic acids is 2. The maximum absolute atomic E-state index is 12.2. The molecule has 3 rings (SSSR count). The second kappa shape index (κ2) is 8.56. The van der Waals surface area contributed by atoms with Gasteiger partial charge in [0.1, 0.15) is 0 Å². The number of nitrogens with one attached hydrogen (secondary N) is 2. The average Bonchev–Trinajstić information content (AvgIpc) is 3.11. The summed E-state index contributed by atoms with van der Waals surface area (Å²) >= 11 is 11.8. The van der Waals surface area contributed by atoms with Gasteiger partial charge in [-0.05, 0) is 54.8 Å². The maximum atomic E-state index is 12.2. The van der Waals surface area contributed by atoms with Crippen molar-refractivity contribution in [2.24, 2.45) is 0 Å². The molecule has 0 bridgehead atoms. The van der Waals surface area contributed by atoms with Gasteiger partial charge in [-0.1, -0.05) is 42.1 Å². The summed E-state index contributed by atoms with van der Waals surface area (Å²) in [5.74, 6) is -0.225. The molecular formula is C20H20Cl2N2O2. The lowest BCUT2D eigenvalue weighted by molar-refractivity contribution is -0.115. The molecule has 2 N–H and O–H groups in total. The summed E-state index contributed by atoms with van der Waals surface area (Å²) in [4.78, 5) is 24.4. The van der Waals surface area contributed by atoms with Crippen molar-refractivity contribution in [1.82, 2.24) is 5.32 Å². The van der Waals surface area contributed by atoms with Crippen LogP contribution in [0.25, 0.3) is 0 Å². The van der Waals surface area contributed by atoms with E-state index in [1.54, 1.807) is 42.5 Å². The average molecular weight is 391 g/mol. The molecule has 2 aromatic rings. The Kier molecular flexibility index (Phi) is 6.17. The van der Waals surface area contributed by atoms with Crippen LogP contribution in [0.15, 0.2) is 42.5 Å². The van der Waals surface area contributed by atoms with Gasteiger partial charge in [0.15, 0.2) is 0 Å². The minimum atomic E-state index is -0.161. The molecule has 0 saturated heterocycles. The molecular weight excluding hydrogens is 371 g/mol. The normalized spacial score (nSPS) is 14.2. The van der Waals surface area contributed by atoms with Crippen molar-refractivity contribution in [2.45, 2.75) is 38.1 Å². The van der Waals surface area contributed by atoms with Crippen LogP contribution in [0.4, 0.5) is 5.69 Å². The topological polar surface area (TPSA) is 58.2 Å². The predicted molar refractivity (Wildman–Crippen MR) is 105 cm³/mol. The van der Waals surface area contributed by atoms with Crippen LogP contribution in [0, 0.1) is 0 Å². The molecule has 0 spiro atoms. The van der Waals surface area contributed by atoms with Crippen LogP contribution in [-0.2, 0) is 11.2 Å². The van der Waals surface area contributed by atoms with Crippen molar-refractivity contribution in [3.8, 4) is 0 Å². The van der Waals surface area contributed by atoms with Gasteiger partial charge in [-0.15, -0.1) is 0 Å². The smallest absolute Gasteiger partial charge is 0.251 e. The van der Waals surface area contributed by atoms with Gasteiger partial charge in [-0.3, -0.25) is 9.59 Å². The molecule has 0 radical (unpaired) electrons. The van der Waals surface area contributed by atoms with Gasteiger partial charge >= 0.3 is 0 Å². The predicted octanol–water partition coefficient (Wildman–Crippen LogP) is 4.85. The van der Waals surface area contributed by atoms with Crippen LogP contribution in [0.1, 0.15) is 41.6 Å². The Bertz CT molecular complexity index is 800. The Hall–Kier alpha value is -2.04. The number of amides is 2. The second-order valence-electron chi connectivity index (χ2n) is 6.51. The number of hydrogen-bond donors (Lipinski definition) is 2. The van der Waals surface area contributed by atoms with E-state index >= 15 is 0 Å². The lowest BCUT2D eigenvalue weighted by Crippen LogP contribution is -2.32. The standard InChI is InChI=1S/C20H20Cl2N2O2/c21-17-10-5-13(11-18(17)22)12-19(25)23-16-8-6-14(7-9-16)20(26)24-15-3-1-2-4-15/h5-11,15H,1-4,12H2,(H,23,25)(H,24,26). The van der Waals surface area contributed by atoms with Gasteiger partial charge in [-0.2, -0.15) is 0 Å². The third kappa shape index (κ3) is 4.99. The van der Waals surface area contributed by atoms with Crippen molar-refractivity contribution in [2.75, 3.05) is 5.32 Å². The van der Waals surface area contributed by atoms with Crippen molar-refractivity contribution in [3.05, 3.63) is 63.6 Å². The number of carbonyl (C=O) groups is 2. The third-order valence-electron chi connectivity index (χ3n) is 4.47. The van der Waals surface area contributed by atoms with Crippen LogP contribution >= 0.6 is 23.2 Å². The third-order valence-corrected chi connectivity index (χ3v) is 5.21. The molecule has 1 fully saturated rings. The van der Waals surface area contributed by atoms with E-state index in [4.69, 9.17) is 23.2 Å². The summed E-state index contributed by atoms with van der Waals surface area (Å²) in [7, 11) is 0. The summed E-state index contributed by atoms with van der Waals surface area (Å²) in [5.41, 5.74) is 2.02. The fraction of sp³-hybridized carbons (Fsp3) is 0.300. The van der Waals surface area contributed by atoms with Gasteiger partial charge in [0.2, 0.25) is 5.91 Å². The first kappa shape index (κ1) is 18.7. The fourth-order valence-corrected chi connectivity index (χ4v) is 3.40. The summed E-state index contributed by atoms with van der Waals surface area (Å²) in [6.07, 6.45) is 4.65. The molecule has 0 atom stereocenters. The van der Waals surface area contributed by atoms with E-state index in [1.807, 2.05) is 0 Å². The highest BCUT2D eigenvalue weighted by Gasteiger charge is 2.17. The second-order valence-corrected chi connectivity index (χ2v) is 7.32. The molecule has 0 unspecified atom stereocenters. The summed E-state index contributed by atoms with van der Waals surface area (Å²) in [5, 5.41) is 6.75. The number of halogens is 2. The highest BCUT2D eigenvalue weighted by Crippen LogP contribution is 2.23. The maximum Gasteiger partial charge on any atom is 0.251 e. The summed E-state index contributed by atoms with van der Waals surface area (Å²) in [6.45, 7) is 0. The monoisotopic (exact) mass is 390 g/mol. The molecule has 0 heterocycles. The molecule has 26 heavy (non-hydrogen) atoms. The van der Waals surface area contributed by atoms with Crippen LogP contribution in [0.2, 0.25) is 10.0 Å². The first-order chi connectivity index (χ1) is 12.5. The zero-order valence-corrected chi connectivity index (χ0v) is 15.7. The van der Waals surface area contributed by atoms with Gasteiger partial charge in [-0.25, -0.2) is 0 Å². The minimum Gasteiger partial charge on any atom is -0.349 e. The molecule has 2 amide bonds. The molecule has 1 saturated carbocycles. The molecule has 2 aromatic carbocycles. The Morgan fingerprint density at radius 1 is 0.962 bits per heavy atom. The molecule has 0 aromatic heterocycles. The largest absolute Gasteiger partial charge is 0.349 e. The lowest BCUT2D eigenvalue weighted by Gasteiger charge is -2.12. The molecule has 136 valence electrons. The van der Waals surface area contributed by atoms with Gasteiger partial charge < -0.3 is 10.6 Å². The van der Waals surface area contributed by atoms with E-state index in [1.165, 1.54) is 12.8 Å². The van der Waals surface area contributed by atoms with E-state index in [-0.39, 0.29) is 24.3 Å². The van der Waals surface area contributed by atoms with Crippen LogP contribution in [-0.4, -0.2) is 17.9 Å². The number of anilines is 1. The molecule has 1 aliphatic carbocycles. The first-order valence-electron chi connectivity index (χ1n) is 8.66. The lowest BCUT2D eigenvalue weighted by atomic mass is 10.1. The molecule has 6 heteroatoms. The highest BCUT2D eigenvalue weighted by molar-refractivity contribution is 6.42. The molecule has 4 nitrogen and oxygen atoms in total. The molecule has 1 aliphatic rings. The first-order valence-corrected chi connectivity index (χ1v) is 9.41. The van der Waals surface area contributed by atoms with E-state index in [9.17, 15) is 9.59 Å². The van der Waals surface area contributed by atoms with Gasteiger partial charge in [0.25, 0.3) is 5.91 Å². The SMILES string of the molecule is O=C(Cc1ccc(Cl)c(Cl)c1)Nc1ccc(C(=O)NC2CCCC2)cc1. The minimum absolute atomic E-state index is 0.0643. The fourth-order valence-electron chi connectivity index (χ4n) is 3.08. The van der Waals surface area contributed by atoms with Gasteiger partial charge in [0.05, 0.1) is 16.5 Å². The van der Waals surface area contributed by atoms with Crippen molar-refractivity contribution >= 4 is 40.7 Å². The quantitative estimate of drug-likeness (QED) is 0.766. The van der Waals surface area contributed by atoms with Crippen molar-refractivity contribution in [1.29, 1.82) is 0 Å². The van der Waals surface area contributed by atoms with E-state index < -0.39 is 0 Å². The number of rotatable bonds is 5. The Labute approximate surface area is 162 Å². The summed E-state index contributed by atoms with van der Waals surface area (Å²) < 4.78 is 0. The molecule has 0 aliphatic heterocycles. The van der Waals surface area contributed by atoms with Crippen molar-refractivity contribution in [3.63, 3.8) is 0 Å². The number of hydrogen-bond acceptors (Lipinski definition) is 2. The Morgan fingerprint density at radius 2 is 1.65 bits per heavy atom. The highest BCUT2D eigenvalue weighted by atomic mass is 35.5. The van der Waals surface area contributed by atoms with Crippen LogP contribution in [0.3, 0.4) is 0 Å². The number of benzene rings is 2. The zero-order valence-electron chi connectivity index (χ0n) is 14.2. The van der Waals surface area contributed by atoms with Gasteiger partial charge in [0, 0.05) is 17.3 Å². The Morgan fingerprint density at radius 3 is 2.31 bits per heavy atom. The zero-order chi connectivity index (χ0) is 18.5. The van der Waals surface area contributed by atoms with Crippen LogP contribution in [0.5, 0.6) is 0 Å². The van der Waals surface area contributed by atoms with E-state index in [0.717, 1.165) is 18.4 Å². The van der Waals surface area contributed by atoms with Crippen molar-refractivity contribution < 1.29 is 9.59 Å².